The van der Waals surface area contributed by atoms with Gasteiger partial charge in [0.15, 0.2) is 0 Å². The summed E-state index contributed by atoms with van der Waals surface area (Å²) in [6.45, 7) is 12.6. The minimum Gasteiger partial charge on any atom is -0.490 e. The van der Waals surface area contributed by atoms with Crippen molar-refractivity contribution in [1.82, 2.24) is 0 Å². The van der Waals surface area contributed by atoms with Gasteiger partial charge in [0.1, 0.15) is 11.5 Å². The highest BCUT2D eigenvalue weighted by molar-refractivity contribution is 6.10. The SMILES string of the molecule is Cc1cc2ccccc2c(-c2c(OC(C)C)c(C)cc3ccccc23)c1OC(C)C. The predicted octanol–water partition coefficient (Wildman–Crippen LogP) is 7.85. The Labute approximate surface area is 179 Å². The van der Waals surface area contributed by atoms with E-state index in [2.05, 4.69) is 102 Å². The second-order valence-corrected chi connectivity index (χ2v) is 8.57. The Morgan fingerprint density at radius 1 is 0.567 bits per heavy atom. The standard InChI is InChI=1S/C28H30O2/c1-17(2)29-27-19(5)15-21-11-7-9-13-23(21)25(27)26-24-14-10-8-12-22(24)16-20(6)28(26)30-18(3)4/h7-18H,1-6H3. The Morgan fingerprint density at radius 3 is 1.30 bits per heavy atom. The van der Waals surface area contributed by atoms with Crippen LogP contribution in [0.4, 0.5) is 0 Å². The molecule has 0 spiro atoms. The van der Waals surface area contributed by atoms with Crippen molar-refractivity contribution < 1.29 is 9.47 Å². The molecule has 0 amide bonds. The maximum Gasteiger partial charge on any atom is 0.131 e. The monoisotopic (exact) mass is 398 g/mol. The first kappa shape index (κ1) is 20.3. The van der Waals surface area contributed by atoms with Crippen LogP contribution in [0.5, 0.6) is 11.5 Å². The molecule has 0 aliphatic rings. The molecule has 0 radical (unpaired) electrons. The summed E-state index contributed by atoms with van der Waals surface area (Å²) in [5.41, 5.74) is 4.52. The fraction of sp³-hybridized carbons (Fsp3) is 0.286. The van der Waals surface area contributed by atoms with E-state index in [1.807, 2.05) is 0 Å². The predicted molar refractivity (Wildman–Crippen MR) is 128 cm³/mol. The molecule has 0 saturated carbocycles. The van der Waals surface area contributed by atoms with E-state index in [1.54, 1.807) is 0 Å². The Hall–Kier alpha value is -3.00. The van der Waals surface area contributed by atoms with Gasteiger partial charge >= 0.3 is 0 Å². The normalized spacial score (nSPS) is 11.6. The van der Waals surface area contributed by atoms with E-state index < -0.39 is 0 Å². The molecule has 0 aliphatic carbocycles. The van der Waals surface area contributed by atoms with E-state index in [1.165, 1.54) is 21.5 Å². The maximum atomic E-state index is 6.43. The van der Waals surface area contributed by atoms with Crippen LogP contribution >= 0.6 is 0 Å². The molecule has 0 fully saturated rings. The molecular formula is C28H30O2. The summed E-state index contributed by atoms with van der Waals surface area (Å²) in [4.78, 5) is 0. The molecule has 0 aliphatic heterocycles. The third-order valence-corrected chi connectivity index (χ3v) is 5.33. The first-order valence-electron chi connectivity index (χ1n) is 10.7. The Bertz CT molecular complexity index is 1120. The highest BCUT2D eigenvalue weighted by Crippen LogP contribution is 2.48. The van der Waals surface area contributed by atoms with Gasteiger partial charge in [-0.2, -0.15) is 0 Å². The van der Waals surface area contributed by atoms with Crippen LogP contribution in [0.25, 0.3) is 32.7 Å². The molecular weight excluding hydrogens is 368 g/mol. The number of aryl methyl sites for hydroxylation is 2. The molecule has 0 saturated heterocycles. The fourth-order valence-electron chi connectivity index (χ4n) is 4.21. The van der Waals surface area contributed by atoms with Gasteiger partial charge in [0, 0.05) is 11.1 Å². The van der Waals surface area contributed by atoms with Crippen molar-refractivity contribution in [2.45, 2.75) is 53.8 Å². The average Bonchev–Trinajstić information content (AvgIpc) is 2.69. The Balaban J connectivity index is 2.22. The molecule has 4 aromatic rings. The van der Waals surface area contributed by atoms with Crippen LogP contribution in [0.15, 0.2) is 60.7 Å². The molecule has 0 heterocycles. The lowest BCUT2D eigenvalue weighted by molar-refractivity contribution is 0.238. The van der Waals surface area contributed by atoms with Crippen LogP contribution < -0.4 is 9.47 Å². The Kier molecular flexibility index (Phi) is 5.42. The quantitative estimate of drug-likeness (QED) is 0.341. The lowest BCUT2D eigenvalue weighted by Gasteiger charge is -2.24. The van der Waals surface area contributed by atoms with Gasteiger partial charge in [0.05, 0.1) is 12.2 Å². The highest BCUT2D eigenvalue weighted by atomic mass is 16.5. The van der Waals surface area contributed by atoms with E-state index in [0.717, 1.165) is 33.8 Å². The molecule has 154 valence electrons. The van der Waals surface area contributed by atoms with Crippen molar-refractivity contribution in [2.75, 3.05) is 0 Å². The van der Waals surface area contributed by atoms with Crippen LogP contribution in [-0.2, 0) is 0 Å². The molecule has 0 aromatic heterocycles. The molecule has 0 bridgehead atoms. The summed E-state index contributed by atoms with van der Waals surface area (Å²) in [6, 6.07) is 21.5. The van der Waals surface area contributed by atoms with Gasteiger partial charge in [0.25, 0.3) is 0 Å². The van der Waals surface area contributed by atoms with Gasteiger partial charge in [0.2, 0.25) is 0 Å². The second-order valence-electron chi connectivity index (χ2n) is 8.57. The van der Waals surface area contributed by atoms with E-state index in [9.17, 15) is 0 Å². The minimum atomic E-state index is 0.0779. The number of fused-ring (bicyclic) bond motifs is 2. The average molecular weight is 399 g/mol. The number of rotatable bonds is 5. The molecule has 4 aromatic carbocycles. The molecule has 30 heavy (non-hydrogen) atoms. The topological polar surface area (TPSA) is 18.5 Å². The third kappa shape index (κ3) is 3.63. The van der Waals surface area contributed by atoms with Gasteiger partial charge in [-0.25, -0.2) is 0 Å². The van der Waals surface area contributed by atoms with Gasteiger partial charge in [-0.15, -0.1) is 0 Å². The maximum absolute atomic E-state index is 6.43. The molecule has 2 heteroatoms. The first-order chi connectivity index (χ1) is 14.4. The van der Waals surface area contributed by atoms with E-state index in [0.29, 0.717) is 0 Å². The smallest absolute Gasteiger partial charge is 0.131 e. The first-order valence-corrected chi connectivity index (χ1v) is 10.7. The number of ether oxygens (including phenoxy) is 2. The lowest BCUT2D eigenvalue weighted by Crippen LogP contribution is -2.11. The molecule has 0 unspecified atom stereocenters. The number of benzene rings is 4. The van der Waals surface area contributed by atoms with Crippen LogP contribution in [0.1, 0.15) is 38.8 Å². The minimum absolute atomic E-state index is 0.0779. The molecule has 2 nitrogen and oxygen atoms in total. The summed E-state index contributed by atoms with van der Waals surface area (Å²) in [5.74, 6) is 1.88. The fourth-order valence-corrected chi connectivity index (χ4v) is 4.21. The van der Waals surface area contributed by atoms with Crippen LogP contribution in [0, 0.1) is 13.8 Å². The summed E-state index contributed by atoms with van der Waals surface area (Å²) >= 11 is 0. The lowest BCUT2D eigenvalue weighted by atomic mass is 9.89. The van der Waals surface area contributed by atoms with E-state index in [-0.39, 0.29) is 12.2 Å². The van der Waals surface area contributed by atoms with Gasteiger partial charge in [-0.05, 0) is 86.3 Å². The van der Waals surface area contributed by atoms with Crippen molar-refractivity contribution in [3.63, 3.8) is 0 Å². The Morgan fingerprint density at radius 2 is 0.933 bits per heavy atom. The summed E-state index contributed by atoms with van der Waals surface area (Å²) in [6.07, 6.45) is 0.156. The van der Waals surface area contributed by atoms with Crippen molar-refractivity contribution in [3.05, 3.63) is 71.8 Å². The largest absolute Gasteiger partial charge is 0.490 e. The van der Waals surface area contributed by atoms with Gasteiger partial charge in [-0.3, -0.25) is 0 Å². The highest BCUT2D eigenvalue weighted by Gasteiger charge is 2.23. The van der Waals surface area contributed by atoms with Crippen molar-refractivity contribution in [2.24, 2.45) is 0 Å². The summed E-state index contributed by atoms with van der Waals surface area (Å²) in [5, 5.41) is 4.79. The van der Waals surface area contributed by atoms with Crippen molar-refractivity contribution >= 4 is 21.5 Å². The summed E-state index contributed by atoms with van der Waals surface area (Å²) in [7, 11) is 0. The molecule has 4 rings (SSSR count). The number of hydrogen-bond donors (Lipinski definition) is 0. The third-order valence-electron chi connectivity index (χ3n) is 5.33. The molecule has 0 N–H and O–H groups in total. The van der Waals surface area contributed by atoms with Crippen LogP contribution in [0.3, 0.4) is 0 Å². The molecule has 0 atom stereocenters. The van der Waals surface area contributed by atoms with Crippen LogP contribution in [-0.4, -0.2) is 12.2 Å². The van der Waals surface area contributed by atoms with Crippen molar-refractivity contribution in [1.29, 1.82) is 0 Å². The van der Waals surface area contributed by atoms with Gasteiger partial charge in [-0.1, -0.05) is 48.5 Å². The van der Waals surface area contributed by atoms with Crippen LogP contribution in [0.2, 0.25) is 0 Å². The van der Waals surface area contributed by atoms with E-state index >= 15 is 0 Å². The zero-order chi connectivity index (χ0) is 21.4. The zero-order valence-electron chi connectivity index (χ0n) is 18.7. The zero-order valence-corrected chi connectivity index (χ0v) is 18.7. The van der Waals surface area contributed by atoms with E-state index in [4.69, 9.17) is 9.47 Å². The number of hydrogen-bond acceptors (Lipinski definition) is 2. The van der Waals surface area contributed by atoms with Gasteiger partial charge < -0.3 is 9.47 Å². The van der Waals surface area contributed by atoms with Crippen molar-refractivity contribution in [3.8, 4) is 22.6 Å². The summed E-state index contributed by atoms with van der Waals surface area (Å²) < 4.78 is 12.9. The second kappa shape index (κ2) is 8.02.